The maximum atomic E-state index is 8.72. The van der Waals surface area contributed by atoms with Crippen molar-refractivity contribution in [3.63, 3.8) is 0 Å². The van der Waals surface area contributed by atoms with Gasteiger partial charge in [-0.25, -0.2) is 0 Å². The Morgan fingerprint density at radius 3 is 2.39 bits per heavy atom. The molecule has 0 unspecified atom stereocenters. The van der Waals surface area contributed by atoms with E-state index in [-0.39, 0.29) is 0 Å². The van der Waals surface area contributed by atoms with Crippen LogP contribution in [0.5, 0.6) is 0 Å². The SMILES string of the molecule is CC1=C(c2ccc(N(C)C)cc2C(=N)c2ccccc2)CC=C1. The summed E-state index contributed by atoms with van der Waals surface area (Å²) in [5, 5.41) is 8.72. The third kappa shape index (κ3) is 2.98. The van der Waals surface area contributed by atoms with Crippen LogP contribution < -0.4 is 4.90 Å². The van der Waals surface area contributed by atoms with Crippen molar-refractivity contribution in [2.75, 3.05) is 19.0 Å². The van der Waals surface area contributed by atoms with Gasteiger partial charge < -0.3 is 4.90 Å². The molecule has 1 aliphatic carbocycles. The number of hydrogen-bond donors (Lipinski definition) is 1. The van der Waals surface area contributed by atoms with Gasteiger partial charge in [0.05, 0.1) is 5.71 Å². The first kappa shape index (κ1) is 15.3. The Balaban J connectivity index is 2.14. The molecule has 1 N–H and O–H groups in total. The number of benzene rings is 2. The van der Waals surface area contributed by atoms with Crippen LogP contribution in [0.2, 0.25) is 0 Å². The van der Waals surface area contributed by atoms with Crippen LogP contribution in [0.15, 0.2) is 66.3 Å². The third-order valence-electron chi connectivity index (χ3n) is 4.34. The highest BCUT2D eigenvalue weighted by Gasteiger charge is 2.17. The summed E-state index contributed by atoms with van der Waals surface area (Å²) in [7, 11) is 4.07. The van der Waals surface area contributed by atoms with Crippen LogP contribution in [-0.2, 0) is 0 Å². The molecule has 116 valence electrons. The number of anilines is 1. The van der Waals surface area contributed by atoms with Crippen LogP contribution in [-0.4, -0.2) is 19.8 Å². The van der Waals surface area contributed by atoms with E-state index in [1.165, 1.54) is 16.7 Å². The van der Waals surface area contributed by atoms with E-state index in [2.05, 4.69) is 42.2 Å². The van der Waals surface area contributed by atoms with Crippen molar-refractivity contribution in [2.24, 2.45) is 0 Å². The summed E-state index contributed by atoms with van der Waals surface area (Å²) < 4.78 is 0. The number of nitrogens with one attached hydrogen (secondary N) is 1. The topological polar surface area (TPSA) is 27.1 Å². The van der Waals surface area contributed by atoms with Crippen LogP contribution >= 0.6 is 0 Å². The monoisotopic (exact) mass is 302 g/mol. The lowest BCUT2D eigenvalue weighted by Crippen LogP contribution is -2.12. The van der Waals surface area contributed by atoms with Crippen LogP contribution in [0, 0.1) is 5.41 Å². The number of hydrogen-bond acceptors (Lipinski definition) is 2. The normalized spacial score (nSPS) is 13.5. The summed E-state index contributed by atoms with van der Waals surface area (Å²) >= 11 is 0. The summed E-state index contributed by atoms with van der Waals surface area (Å²) in [6.07, 6.45) is 5.31. The van der Waals surface area contributed by atoms with Crippen molar-refractivity contribution in [2.45, 2.75) is 13.3 Å². The van der Waals surface area contributed by atoms with Crippen molar-refractivity contribution in [3.05, 3.63) is 82.9 Å². The van der Waals surface area contributed by atoms with E-state index in [0.29, 0.717) is 5.71 Å². The van der Waals surface area contributed by atoms with Gasteiger partial charge in [-0.3, -0.25) is 5.41 Å². The van der Waals surface area contributed by atoms with Gasteiger partial charge in [-0.2, -0.15) is 0 Å². The van der Waals surface area contributed by atoms with E-state index in [1.807, 2.05) is 44.4 Å². The molecule has 3 rings (SSSR count). The Hall–Kier alpha value is -2.61. The Bertz CT molecular complexity index is 796. The predicted molar refractivity (Wildman–Crippen MR) is 99.5 cm³/mol. The molecular formula is C21H22N2. The first-order valence-electron chi connectivity index (χ1n) is 7.90. The Morgan fingerprint density at radius 2 is 1.78 bits per heavy atom. The smallest absolute Gasteiger partial charge is 0.0691 e. The lowest BCUT2D eigenvalue weighted by Gasteiger charge is -2.18. The summed E-state index contributed by atoms with van der Waals surface area (Å²) in [5.74, 6) is 0. The van der Waals surface area contributed by atoms with Gasteiger partial charge in [-0.1, -0.05) is 48.6 Å². The molecule has 0 saturated heterocycles. The Morgan fingerprint density at radius 1 is 1.04 bits per heavy atom. The van der Waals surface area contributed by atoms with Crippen LogP contribution in [0.25, 0.3) is 5.57 Å². The van der Waals surface area contributed by atoms with Gasteiger partial charge in [0, 0.05) is 30.9 Å². The van der Waals surface area contributed by atoms with E-state index in [9.17, 15) is 0 Å². The molecule has 1 aliphatic rings. The predicted octanol–water partition coefficient (Wildman–Crippen LogP) is 4.90. The molecule has 2 nitrogen and oxygen atoms in total. The van der Waals surface area contributed by atoms with Gasteiger partial charge >= 0.3 is 0 Å². The van der Waals surface area contributed by atoms with Gasteiger partial charge in [0.25, 0.3) is 0 Å². The second-order valence-corrected chi connectivity index (χ2v) is 6.13. The fraction of sp³-hybridized carbons (Fsp3) is 0.190. The minimum absolute atomic E-state index is 0.580. The van der Waals surface area contributed by atoms with Crippen molar-refractivity contribution >= 4 is 17.0 Å². The molecule has 23 heavy (non-hydrogen) atoms. The molecule has 0 aromatic heterocycles. The second kappa shape index (κ2) is 6.25. The summed E-state index contributed by atoms with van der Waals surface area (Å²) in [5.41, 5.74) is 7.45. The minimum Gasteiger partial charge on any atom is -0.378 e. The summed E-state index contributed by atoms with van der Waals surface area (Å²) in [6.45, 7) is 2.15. The first-order chi connectivity index (χ1) is 11.1. The Labute approximate surface area is 138 Å². The van der Waals surface area contributed by atoms with Gasteiger partial charge in [0.1, 0.15) is 0 Å². The van der Waals surface area contributed by atoms with E-state index in [1.54, 1.807) is 0 Å². The number of nitrogens with zero attached hydrogens (tertiary/aromatic N) is 1. The zero-order valence-electron chi connectivity index (χ0n) is 13.9. The van der Waals surface area contributed by atoms with Crippen molar-refractivity contribution in [1.82, 2.24) is 0 Å². The number of allylic oxidation sites excluding steroid dienone is 4. The standard InChI is InChI=1S/C21H22N2/c1-15-8-7-11-18(15)19-13-12-17(23(2)3)14-20(19)21(22)16-9-5-4-6-10-16/h4-10,12-14,22H,11H2,1-3H3. The average molecular weight is 302 g/mol. The van der Waals surface area contributed by atoms with Crippen LogP contribution in [0.3, 0.4) is 0 Å². The third-order valence-corrected chi connectivity index (χ3v) is 4.34. The molecular weight excluding hydrogens is 280 g/mol. The van der Waals surface area contributed by atoms with Gasteiger partial charge in [0.15, 0.2) is 0 Å². The van der Waals surface area contributed by atoms with E-state index < -0.39 is 0 Å². The van der Waals surface area contributed by atoms with Crippen LogP contribution in [0.1, 0.15) is 30.0 Å². The zero-order chi connectivity index (χ0) is 16.4. The van der Waals surface area contributed by atoms with E-state index >= 15 is 0 Å². The molecule has 0 fully saturated rings. The zero-order valence-corrected chi connectivity index (χ0v) is 13.9. The van der Waals surface area contributed by atoms with Crippen LogP contribution in [0.4, 0.5) is 5.69 Å². The highest BCUT2D eigenvalue weighted by molar-refractivity contribution is 6.14. The molecule has 0 radical (unpaired) electrons. The van der Waals surface area contributed by atoms with Crippen molar-refractivity contribution in [3.8, 4) is 0 Å². The van der Waals surface area contributed by atoms with Gasteiger partial charge in [-0.15, -0.1) is 0 Å². The highest BCUT2D eigenvalue weighted by Crippen LogP contribution is 2.33. The highest BCUT2D eigenvalue weighted by atomic mass is 15.1. The largest absolute Gasteiger partial charge is 0.378 e. The molecule has 0 amide bonds. The first-order valence-corrected chi connectivity index (χ1v) is 7.90. The molecule has 0 spiro atoms. The van der Waals surface area contributed by atoms with Crippen molar-refractivity contribution in [1.29, 1.82) is 5.41 Å². The maximum Gasteiger partial charge on any atom is 0.0691 e. The van der Waals surface area contributed by atoms with Gasteiger partial charge in [-0.05, 0) is 42.2 Å². The molecule has 0 aliphatic heterocycles. The summed E-state index contributed by atoms with van der Waals surface area (Å²) in [4.78, 5) is 2.08. The second-order valence-electron chi connectivity index (χ2n) is 6.13. The van der Waals surface area contributed by atoms with Crippen molar-refractivity contribution < 1.29 is 0 Å². The molecule has 2 aromatic rings. The molecule has 2 aromatic carbocycles. The van der Waals surface area contributed by atoms with Gasteiger partial charge in [0.2, 0.25) is 0 Å². The fourth-order valence-corrected chi connectivity index (χ4v) is 2.98. The van der Waals surface area contributed by atoms with E-state index in [0.717, 1.165) is 23.2 Å². The molecule has 0 bridgehead atoms. The fourth-order valence-electron chi connectivity index (χ4n) is 2.98. The lowest BCUT2D eigenvalue weighted by molar-refractivity contribution is 1.13. The van der Waals surface area contributed by atoms with E-state index in [4.69, 9.17) is 5.41 Å². The summed E-state index contributed by atoms with van der Waals surface area (Å²) in [6, 6.07) is 16.4. The molecule has 2 heteroatoms. The molecule has 0 heterocycles. The average Bonchev–Trinajstić information content (AvgIpc) is 3.00. The Kier molecular flexibility index (Phi) is 4.16. The quantitative estimate of drug-likeness (QED) is 0.799. The maximum absolute atomic E-state index is 8.72. The number of rotatable bonds is 4. The minimum atomic E-state index is 0.580. The molecule has 0 atom stereocenters. The molecule has 0 saturated carbocycles. The lowest BCUT2D eigenvalue weighted by atomic mass is 9.91.